The third-order valence-corrected chi connectivity index (χ3v) is 5.88. The zero-order valence-corrected chi connectivity index (χ0v) is 18.4. The Morgan fingerprint density at radius 3 is 2.43 bits per heavy atom. The lowest BCUT2D eigenvalue weighted by atomic mass is 9.80. The van der Waals surface area contributed by atoms with Crippen molar-refractivity contribution >= 4 is 23.0 Å². The number of aldehydes is 1. The van der Waals surface area contributed by atoms with Crippen LogP contribution in [0.4, 0.5) is 0 Å². The number of carbonyl (C=O) groups excluding carboxylic acids is 2. The number of benzene rings is 2. The van der Waals surface area contributed by atoms with E-state index >= 15 is 0 Å². The highest BCUT2D eigenvalue weighted by Crippen LogP contribution is 2.37. The monoisotopic (exact) mass is 407 g/mol. The van der Waals surface area contributed by atoms with E-state index in [1.165, 1.54) is 0 Å². The molecule has 0 radical (unpaired) electrons. The Morgan fingerprint density at radius 2 is 1.90 bits per heavy atom. The van der Waals surface area contributed by atoms with Gasteiger partial charge in [-0.05, 0) is 48.2 Å². The van der Waals surface area contributed by atoms with Crippen molar-refractivity contribution in [3.05, 3.63) is 65.2 Å². The molecule has 2 aromatic carbocycles. The summed E-state index contributed by atoms with van der Waals surface area (Å²) in [6, 6.07) is 9.02. The van der Waals surface area contributed by atoms with Gasteiger partial charge in [-0.3, -0.25) is 9.59 Å². The fourth-order valence-corrected chi connectivity index (χ4v) is 3.72. The van der Waals surface area contributed by atoms with Gasteiger partial charge in [0.2, 0.25) is 0 Å². The maximum atomic E-state index is 12.8. The van der Waals surface area contributed by atoms with Crippen LogP contribution in [0.25, 0.3) is 10.8 Å². The maximum Gasteiger partial charge on any atom is 0.254 e. The summed E-state index contributed by atoms with van der Waals surface area (Å²) in [5, 5.41) is 13.1. The second kappa shape index (κ2) is 8.03. The van der Waals surface area contributed by atoms with Crippen LogP contribution in [0.5, 0.6) is 0 Å². The van der Waals surface area contributed by atoms with Crippen LogP contribution in [0.15, 0.2) is 42.9 Å². The summed E-state index contributed by atoms with van der Waals surface area (Å²) in [4.78, 5) is 30.7. The van der Waals surface area contributed by atoms with E-state index in [9.17, 15) is 14.7 Å². The number of hydrogen-bond donors (Lipinski definition) is 1. The molecule has 1 aromatic heterocycles. The molecule has 3 rings (SSSR count). The number of aliphatic hydroxyl groups is 1. The number of rotatable bonds is 6. The first-order valence-electron chi connectivity index (χ1n) is 10.1. The lowest BCUT2D eigenvalue weighted by Gasteiger charge is -2.31. The third kappa shape index (κ3) is 3.52. The van der Waals surface area contributed by atoms with Crippen molar-refractivity contribution in [1.29, 1.82) is 0 Å². The Kier molecular flexibility index (Phi) is 5.81. The zero-order chi connectivity index (χ0) is 22.2. The SMILES string of the molecule is CC(C)N(C)C(=O)c1ccc2cc(C(O)(c3cn(C)cn3)C(C)C)ccc2c1C=O. The van der Waals surface area contributed by atoms with Crippen LogP contribution in [0.3, 0.4) is 0 Å². The summed E-state index contributed by atoms with van der Waals surface area (Å²) >= 11 is 0. The zero-order valence-electron chi connectivity index (χ0n) is 18.4. The summed E-state index contributed by atoms with van der Waals surface area (Å²) in [7, 11) is 3.59. The number of carbonyl (C=O) groups is 2. The van der Waals surface area contributed by atoms with Crippen molar-refractivity contribution in [3.8, 4) is 0 Å². The topological polar surface area (TPSA) is 75.4 Å². The summed E-state index contributed by atoms with van der Waals surface area (Å²) < 4.78 is 1.80. The van der Waals surface area contributed by atoms with E-state index in [2.05, 4.69) is 4.98 Å². The van der Waals surface area contributed by atoms with Gasteiger partial charge >= 0.3 is 0 Å². The quantitative estimate of drug-likeness (QED) is 0.632. The molecule has 0 spiro atoms. The van der Waals surface area contributed by atoms with Gasteiger partial charge in [0.25, 0.3) is 5.91 Å². The van der Waals surface area contributed by atoms with Gasteiger partial charge in [-0.1, -0.05) is 32.0 Å². The molecule has 158 valence electrons. The lowest BCUT2D eigenvalue weighted by molar-refractivity contribution is 0.0280. The molecule has 0 bridgehead atoms. The van der Waals surface area contributed by atoms with E-state index in [4.69, 9.17) is 0 Å². The predicted molar refractivity (Wildman–Crippen MR) is 118 cm³/mol. The molecule has 0 aliphatic rings. The Balaban J connectivity index is 2.17. The number of amides is 1. The first-order valence-corrected chi connectivity index (χ1v) is 10.1. The van der Waals surface area contributed by atoms with E-state index in [0.29, 0.717) is 27.8 Å². The smallest absolute Gasteiger partial charge is 0.254 e. The van der Waals surface area contributed by atoms with Gasteiger partial charge in [-0.15, -0.1) is 0 Å². The number of hydrogen-bond acceptors (Lipinski definition) is 4. The van der Waals surface area contributed by atoms with Gasteiger partial charge in [0.15, 0.2) is 6.29 Å². The normalized spacial score (nSPS) is 13.6. The highest BCUT2D eigenvalue weighted by Gasteiger charge is 2.37. The fourth-order valence-electron chi connectivity index (χ4n) is 3.72. The molecule has 1 N–H and O–H groups in total. The molecule has 0 saturated heterocycles. The van der Waals surface area contributed by atoms with Crippen LogP contribution in [-0.2, 0) is 12.6 Å². The van der Waals surface area contributed by atoms with E-state index in [1.54, 1.807) is 35.0 Å². The Labute approximate surface area is 177 Å². The van der Waals surface area contributed by atoms with Crippen molar-refractivity contribution < 1.29 is 14.7 Å². The van der Waals surface area contributed by atoms with Gasteiger partial charge in [-0.2, -0.15) is 0 Å². The molecule has 1 heterocycles. The number of aryl methyl sites for hydroxylation is 1. The summed E-state index contributed by atoms with van der Waals surface area (Å²) in [5.74, 6) is -0.318. The minimum atomic E-state index is -1.27. The summed E-state index contributed by atoms with van der Waals surface area (Å²) in [6.45, 7) is 7.74. The van der Waals surface area contributed by atoms with Gasteiger partial charge in [-0.25, -0.2) is 4.98 Å². The van der Waals surface area contributed by atoms with E-state index in [0.717, 1.165) is 11.7 Å². The van der Waals surface area contributed by atoms with Gasteiger partial charge < -0.3 is 14.6 Å². The number of imidazole rings is 1. The Bertz CT molecular complexity index is 1100. The number of fused-ring (bicyclic) bond motifs is 1. The molecule has 1 atom stereocenters. The molecule has 3 aromatic rings. The van der Waals surface area contributed by atoms with Crippen molar-refractivity contribution in [2.24, 2.45) is 13.0 Å². The maximum absolute atomic E-state index is 12.8. The van der Waals surface area contributed by atoms with Crippen LogP contribution in [-0.4, -0.2) is 44.8 Å². The first-order chi connectivity index (χ1) is 14.1. The minimum absolute atomic E-state index is 0.0227. The predicted octanol–water partition coefficient (Wildman–Crippen LogP) is 3.76. The van der Waals surface area contributed by atoms with Gasteiger partial charge in [0.05, 0.1) is 17.6 Å². The lowest BCUT2D eigenvalue weighted by Crippen LogP contribution is -2.34. The van der Waals surface area contributed by atoms with Crippen molar-refractivity contribution in [2.75, 3.05) is 7.05 Å². The average molecular weight is 408 g/mol. The van der Waals surface area contributed by atoms with Crippen LogP contribution in [0.1, 0.15) is 59.7 Å². The van der Waals surface area contributed by atoms with Crippen LogP contribution in [0, 0.1) is 5.92 Å². The Morgan fingerprint density at radius 1 is 1.20 bits per heavy atom. The van der Waals surface area contributed by atoms with Gasteiger partial charge in [0, 0.05) is 31.9 Å². The third-order valence-electron chi connectivity index (χ3n) is 5.88. The van der Waals surface area contributed by atoms with E-state index in [-0.39, 0.29) is 17.9 Å². The fraction of sp³-hybridized carbons (Fsp3) is 0.375. The molecule has 0 fully saturated rings. The molecule has 1 unspecified atom stereocenters. The van der Waals surface area contributed by atoms with Crippen molar-refractivity contribution in [3.63, 3.8) is 0 Å². The van der Waals surface area contributed by atoms with Crippen molar-refractivity contribution in [2.45, 2.75) is 39.3 Å². The van der Waals surface area contributed by atoms with Crippen molar-refractivity contribution in [1.82, 2.24) is 14.5 Å². The molecule has 0 aliphatic carbocycles. The van der Waals surface area contributed by atoms with Crippen LogP contribution < -0.4 is 0 Å². The molecule has 30 heavy (non-hydrogen) atoms. The number of aromatic nitrogens is 2. The average Bonchev–Trinajstić information content (AvgIpc) is 3.17. The summed E-state index contributed by atoms with van der Waals surface area (Å²) in [6.07, 6.45) is 4.21. The van der Waals surface area contributed by atoms with Gasteiger partial charge in [0.1, 0.15) is 5.60 Å². The second-order valence-electron chi connectivity index (χ2n) is 8.44. The standard InChI is InChI=1S/C24H29N3O3/c1-15(2)24(30,22-12-26(5)14-25-22)18-8-10-19-17(11-18)7-9-20(21(19)13-28)23(29)27(6)16(3)4/h7-16,30H,1-6H3. The molecule has 0 saturated carbocycles. The Hall–Kier alpha value is -2.99. The first kappa shape index (κ1) is 21.7. The largest absolute Gasteiger partial charge is 0.378 e. The highest BCUT2D eigenvalue weighted by molar-refractivity contribution is 6.10. The second-order valence-corrected chi connectivity index (χ2v) is 8.44. The molecule has 1 amide bonds. The molecule has 0 aliphatic heterocycles. The molecule has 6 nitrogen and oxygen atoms in total. The number of nitrogens with zero attached hydrogens (tertiary/aromatic N) is 3. The summed E-state index contributed by atoms with van der Waals surface area (Å²) in [5.41, 5.74) is 0.732. The van der Waals surface area contributed by atoms with Crippen LogP contribution in [0.2, 0.25) is 0 Å². The minimum Gasteiger partial charge on any atom is -0.378 e. The van der Waals surface area contributed by atoms with E-state index < -0.39 is 5.60 Å². The van der Waals surface area contributed by atoms with E-state index in [1.807, 2.05) is 59.1 Å². The molecule has 6 heteroatoms. The molecular formula is C24H29N3O3. The molecular weight excluding hydrogens is 378 g/mol. The highest BCUT2D eigenvalue weighted by atomic mass is 16.3. The van der Waals surface area contributed by atoms with Crippen LogP contribution >= 0.6 is 0 Å².